The molecule has 1 aromatic heterocycles. The second-order valence-electron chi connectivity index (χ2n) is 9.15. The smallest absolute Gasteiger partial charge is 0.233 e. The SMILES string of the molecule is CN(C)c1ccc(Nc2nc(N3C[C@H](N)C[C@H](N)C3)nc(N3C[C@H](N)C[C@H](N)C3)n2)cc1. The van der Waals surface area contributed by atoms with Crippen molar-refractivity contribution in [2.24, 2.45) is 22.9 Å². The molecule has 0 bridgehead atoms. The molecule has 2 aromatic rings. The van der Waals surface area contributed by atoms with Gasteiger partial charge in [-0.1, -0.05) is 0 Å². The number of benzene rings is 1. The highest BCUT2D eigenvalue weighted by Gasteiger charge is 2.28. The monoisotopic (exact) mass is 441 g/mol. The van der Waals surface area contributed by atoms with Crippen LogP contribution >= 0.6 is 0 Å². The lowest BCUT2D eigenvalue weighted by molar-refractivity contribution is 0.441. The zero-order valence-corrected chi connectivity index (χ0v) is 18.9. The minimum Gasteiger partial charge on any atom is -0.378 e. The first-order valence-electron chi connectivity index (χ1n) is 11.1. The van der Waals surface area contributed by atoms with Gasteiger partial charge < -0.3 is 43.0 Å². The number of anilines is 5. The van der Waals surface area contributed by atoms with Crippen molar-refractivity contribution in [2.75, 3.05) is 60.3 Å². The van der Waals surface area contributed by atoms with Crippen LogP contribution < -0.4 is 43.0 Å². The Kier molecular flexibility index (Phi) is 6.60. The number of nitrogens with two attached hydrogens (primary N) is 4. The van der Waals surface area contributed by atoms with Crippen LogP contribution in [-0.4, -0.2) is 79.4 Å². The summed E-state index contributed by atoms with van der Waals surface area (Å²) >= 11 is 0. The minimum atomic E-state index is -0.0224. The summed E-state index contributed by atoms with van der Waals surface area (Å²) in [5.74, 6) is 1.57. The summed E-state index contributed by atoms with van der Waals surface area (Å²) in [5.41, 5.74) is 26.9. The Morgan fingerprint density at radius 1 is 0.750 bits per heavy atom. The number of nitrogens with one attached hydrogen (secondary N) is 1. The summed E-state index contributed by atoms with van der Waals surface area (Å²) in [6.45, 7) is 2.58. The van der Waals surface area contributed by atoms with Crippen LogP contribution in [0.15, 0.2) is 24.3 Å². The molecule has 4 rings (SSSR count). The first-order chi connectivity index (χ1) is 15.3. The van der Waals surface area contributed by atoms with Gasteiger partial charge in [0.25, 0.3) is 0 Å². The number of piperidine rings is 2. The molecule has 32 heavy (non-hydrogen) atoms. The quantitative estimate of drug-likeness (QED) is 0.403. The Hall–Kier alpha value is -2.73. The van der Waals surface area contributed by atoms with Crippen molar-refractivity contribution in [1.82, 2.24) is 15.0 Å². The third-order valence-corrected chi connectivity index (χ3v) is 5.85. The average molecular weight is 442 g/mol. The fraction of sp³-hybridized carbons (Fsp3) is 0.571. The lowest BCUT2D eigenvalue weighted by atomic mass is 10.0. The molecule has 2 saturated heterocycles. The summed E-state index contributed by atoms with van der Waals surface area (Å²) in [5, 5.41) is 3.31. The van der Waals surface area contributed by atoms with Gasteiger partial charge in [0, 0.05) is 75.8 Å². The standard InChI is InChI=1S/C21H35N11/c1-30(2)18-5-3-17(4-6-18)26-19-27-20(31-9-13(22)7-14(23)10-31)29-21(28-19)32-11-15(24)8-16(25)12-32/h3-6,13-16H,7-12,22-25H2,1-2H3,(H,26,27,28,29)/t13-,14+,15-,16+. The molecule has 0 radical (unpaired) electrons. The van der Waals surface area contributed by atoms with E-state index in [1.54, 1.807) is 0 Å². The van der Waals surface area contributed by atoms with Crippen molar-refractivity contribution in [1.29, 1.82) is 0 Å². The van der Waals surface area contributed by atoms with Crippen molar-refractivity contribution in [3.05, 3.63) is 24.3 Å². The van der Waals surface area contributed by atoms with Crippen LogP contribution in [0.4, 0.5) is 29.2 Å². The van der Waals surface area contributed by atoms with Crippen molar-refractivity contribution in [3.63, 3.8) is 0 Å². The predicted molar refractivity (Wildman–Crippen MR) is 129 cm³/mol. The second-order valence-corrected chi connectivity index (χ2v) is 9.15. The van der Waals surface area contributed by atoms with E-state index < -0.39 is 0 Å². The number of rotatable bonds is 5. The van der Waals surface area contributed by atoms with Gasteiger partial charge in [-0.25, -0.2) is 0 Å². The molecule has 0 saturated carbocycles. The van der Waals surface area contributed by atoms with Gasteiger partial charge in [-0.2, -0.15) is 15.0 Å². The van der Waals surface area contributed by atoms with E-state index in [9.17, 15) is 0 Å². The summed E-state index contributed by atoms with van der Waals surface area (Å²) in [6, 6.07) is 7.98. The molecule has 3 heterocycles. The molecule has 2 aliphatic rings. The Morgan fingerprint density at radius 2 is 1.19 bits per heavy atom. The van der Waals surface area contributed by atoms with Crippen molar-refractivity contribution >= 4 is 29.2 Å². The Labute approximate surface area is 189 Å². The van der Waals surface area contributed by atoms with E-state index in [0.29, 0.717) is 44.0 Å². The Morgan fingerprint density at radius 3 is 1.59 bits per heavy atom. The molecule has 0 amide bonds. The van der Waals surface area contributed by atoms with E-state index in [2.05, 4.69) is 10.2 Å². The van der Waals surface area contributed by atoms with Gasteiger partial charge in [-0.15, -0.1) is 0 Å². The molecule has 0 spiro atoms. The van der Waals surface area contributed by atoms with Crippen LogP contribution in [0.1, 0.15) is 12.8 Å². The maximum absolute atomic E-state index is 6.21. The molecule has 4 atom stereocenters. The zero-order chi connectivity index (χ0) is 22.8. The second kappa shape index (κ2) is 9.41. The lowest BCUT2D eigenvalue weighted by Gasteiger charge is -2.37. The number of aromatic nitrogens is 3. The first kappa shape index (κ1) is 22.5. The highest BCUT2D eigenvalue weighted by molar-refractivity contribution is 5.60. The molecule has 2 fully saturated rings. The van der Waals surface area contributed by atoms with Gasteiger partial charge in [0.1, 0.15) is 0 Å². The topological polar surface area (TPSA) is 164 Å². The van der Waals surface area contributed by atoms with Crippen LogP contribution in [0.3, 0.4) is 0 Å². The maximum Gasteiger partial charge on any atom is 0.233 e. The normalized spacial score (nSPS) is 26.2. The molecular formula is C21H35N11. The number of nitrogens with zero attached hydrogens (tertiary/aromatic N) is 6. The van der Waals surface area contributed by atoms with Gasteiger partial charge in [0.2, 0.25) is 17.8 Å². The van der Waals surface area contributed by atoms with Crippen molar-refractivity contribution in [3.8, 4) is 0 Å². The van der Waals surface area contributed by atoms with Crippen LogP contribution in [0.2, 0.25) is 0 Å². The summed E-state index contributed by atoms with van der Waals surface area (Å²) in [4.78, 5) is 20.3. The molecule has 9 N–H and O–H groups in total. The largest absolute Gasteiger partial charge is 0.378 e. The molecule has 0 unspecified atom stereocenters. The Balaban J connectivity index is 1.65. The molecule has 2 aliphatic heterocycles. The van der Waals surface area contributed by atoms with Gasteiger partial charge in [-0.05, 0) is 37.1 Å². The van der Waals surface area contributed by atoms with Crippen LogP contribution in [0, 0.1) is 0 Å². The van der Waals surface area contributed by atoms with E-state index in [4.69, 9.17) is 37.9 Å². The van der Waals surface area contributed by atoms with Crippen molar-refractivity contribution < 1.29 is 0 Å². The molecule has 11 heteroatoms. The van der Waals surface area contributed by atoms with E-state index in [0.717, 1.165) is 24.2 Å². The van der Waals surface area contributed by atoms with Crippen LogP contribution in [0.5, 0.6) is 0 Å². The molecule has 11 nitrogen and oxygen atoms in total. The van der Waals surface area contributed by atoms with Gasteiger partial charge >= 0.3 is 0 Å². The van der Waals surface area contributed by atoms with Crippen molar-refractivity contribution in [2.45, 2.75) is 37.0 Å². The fourth-order valence-electron chi connectivity index (χ4n) is 4.35. The predicted octanol–water partition coefficient (Wildman–Crippen LogP) is -0.589. The van der Waals surface area contributed by atoms with E-state index >= 15 is 0 Å². The van der Waals surface area contributed by atoms with Gasteiger partial charge in [0.15, 0.2) is 0 Å². The van der Waals surface area contributed by atoms with Crippen LogP contribution in [-0.2, 0) is 0 Å². The third-order valence-electron chi connectivity index (χ3n) is 5.85. The molecular weight excluding hydrogens is 406 g/mol. The highest BCUT2D eigenvalue weighted by atomic mass is 15.4. The summed E-state index contributed by atoms with van der Waals surface area (Å²) in [6.07, 6.45) is 1.57. The van der Waals surface area contributed by atoms with Gasteiger partial charge in [0.05, 0.1) is 0 Å². The summed E-state index contributed by atoms with van der Waals surface area (Å²) < 4.78 is 0. The van der Waals surface area contributed by atoms with Gasteiger partial charge in [-0.3, -0.25) is 0 Å². The first-order valence-corrected chi connectivity index (χ1v) is 11.1. The van der Waals surface area contributed by atoms with Crippen LogP contribution in [0.25, 0.3) is 0 Å². The summed E-state index contributed by atoms with van der Waals surface area (Å²) in [7, 11) is 4.02. The van der Waals surface area contributed by atoms with E-state index in [-0.39, 0.29) is 24.2 Å². The number of hydrogen-bond acceptors (Lipinski definition) is 11. The molecule has 1 aromatic carbocycles. The number of hydrogen-bond donors (Lipinski definition) is 5. The average Bonchev–Trinajstić information content (AvgIpc) is 2.72. The highest BCUT2D eigenvalue weighted by Crippen LogP contribution is 2.24. The zero-order valence-electron chi connectivity index (χ0n) is 18.9. The maximum atomic E-state index is 6.21. The van der Waals surface area contributed by atoms with E-state index in [1.807, 2.05) is 48.2 Å². The third kappa shape index (κ3) is 5.36. The van der Waals surface area contributed by atoms with E-state index in [1.165, 1.54) is 0 Å². The lowest BCUT2D eigenvalue weighted by Crippen LogP contribution is -2.54. The molecule has 0 aliphatic carbocycles. The fourth-order valence-corrected chi connectivity index (χ4v) is 4.35. The Bertz CT molecular complexity index is 839. The molecule has 174 valence electrons. The minimum absolute atomic E-state index is 0.0224.